The zero-order valence-electron chi connectivity index (χ0n) is 9.92. The standard InChI is InChI=1S/C10H7F2N3O4S/c1-18-9(17)5-3-2-4(19-5)7(16)13-10-15-14-8(20-10)6(11)12/h2-3,6H,1H3,(H,13,15,16). The van der Waals surface area contributed by atoms with Gasteiger partial charge in [0.05, 0.1) is 7.11 Å². The number of carbonyl (C=O) groups is 2. The molecule has 10 heteroatoms. The molecule has 0 saturated carbocycles. The zero-order valence-corrected chi connectivity index (χ0v) is 10.7. The lowest BCUT2D eigenvalue weighted by Crippen LogP contribution is -2.10. The Morgan fingerprint density at radius 1 is 1.35 bits per heavy atom. The third-order valence-corrected chi connectivity index (χ3v) is 2.91. The van der Waals surface area contributed by atoms with Gasteiger partial charge in [0.2, 0.25) is 10.9 Å². The van der Waals surface area contributed by atoms with Gasteiger partial charge in [-0.3, -0.25) is 10.1 Å². The Labute approximate surface area is 114 Å². The first-order chi connectivity index (χ1) is 9.51. The van der Waals surface area contributed by atoms with Crippen molar-refractivity contribution >= 4 is 28.3 Å². The monoisotopic (exact) mass is 303 g/mol. The number of amides is 1. The van der Waals surface area contributed by atoms with Gasteiger partial charge in [0.1, 0.15) is 0 Å². The molecule has 1 amide bonds. The van der Waals surface area contributed by atoms with Crippen molar-refractivity contribution in [2.24, 2.45) is 0 Å². The third-order valence-electron chi connectivity index (χ3n) is 2.06. The molecule has 1 N–H and O–H groups in total. The number of ether oxygens (including phenoxy) is 1. The molecule has 0 saturated heterocycles. The van der Waals surface area contributed by atoms with Gasteiger partial charge >= 0.3 is 5.97 Å². The van der Waals surface area contributed by atoms with Crippen LogP contribution in [0.5, 0.6) is 0 Å². The van der Waals surface area contributed by atoms with Crippen LogP contribution in [-0.4, -0.2) is 29.2 Å². The summed E-state index contributed by atoms with van der Waals surface area (Å²) in [6, 6.07) is 2.50. The largest absolute Gasteiger partial charge is 0.463 e. The van der Waals surface area contributed by atoms with E-state index in [0.29, 0.717) is 11.3 Å². The van der Waals surface area contributed by atoms with E-state index in [9.17, 15) is 18.4 Å². The van der Waals surface area contributed by atoms with Crippen molar-refractivity contribution in [1.82, 2.24) is 10.2 Å². The second kappa shape index (κ2) is 5.74. The average molecular weight is 303 g/mol. The number of halogens is 2. The number of hydrogen-bond acceptors (Lipinski definition) is 7. The molecule has 0 aliphatic carbocycles. The van der Waals surface area contributed by atoms with Crippen LogP contribution in [0.3, 0.4) is 0 Å². The molecule has 0 atom stereocenters. The molecular formula is C10H7F2N3O4S. The number of nitrogens with one attached hydrogen (secondary N) is 1. The first-order valence-electron chi connectivity index (χ1n) is 5.12. The minimum Gasteiger partial charge on any atom is -0.463 e. The molecule has 0 aromatic carbocycles. The first-order valence-corrected chi connectivity index (χ1v) is 5.94. The number of nitrogens with zero attached hydrogens (tertiary/aromatic N) is 2. The molecule has 0 aliphatic heterocycles. The lowest BCUT2D eigenvalue weighted by atomic mass is 10.4. The van der Waals surface area contributed by atoms with Gasteiger partial charge in [-0.25, -0.2) is 13.6 Å². The predicted octanol–water partition coefficient (Wildman–Crippen LogP) is 2.11. The highest BCUT2D eigenvalue weighted by atomic mass is 32.1. The van der Waals surface area contributed by atoms with E-state index in [4.69, 9.17) is 4.42 Å². The van der Waals surface area contributed by atoms with E-state index < -0.39 is 23.3 Å². The van der Waals surface area contributed by atoms with Gasteiger partial charge in [-0.15, -0.1) is 10.2 Å². The lowest BCUT2D eigenvalue weighted by Gasteiger charge is -1.97. The molecule has 2 aromatic heterocycles. The molecule has 0 bridgehead atoms. The van der Waals surface area contributed by atoms with Crippen molar-refractivity contribution < 1.29 is 27.5 Å². The first kappa shape index (κ1) is 14.1. The summed E-state index contributed by atoms with van der Waals surface area (Å²) in [7, 11) is 1.16. The third kappa shape index (κ3) is 2.96. The summed E-state index contributed by atoms with van der Waals surface area (Å²) in [5.74, 6) is -1.81. The van der Waals surface area contributed by atoms with Gasteiger partial charge in [-0.1, -0.05) is 11.3 Å². The fourth-order valence-corrected chi connectivity index (χ4v) is 1.80. The van der Waals surface area contributed by atoms with E-state index in [1.165, 1.54) is 12.1 Å². The van der Waals surface area contributed by atoms with Crippen molar-refractivity contribution in [3.63, 3.8) is 0 Å². The smallest absolute Gasteiger partial charge is 0.373 e. The Morgan fingerprint density at radius 3 is 2.65 bits per heavy atom. The molecule has 0 aliphatic rings. The lowest BCUT2D eigenvalue weighted by molar-refractivity contribution is 0.0563. The second-order valence-corrected chi connectivity index (χ2v) is 4.36. The van der Waals surface area contributed by atoms with Gasteiger partial charge in [0, 0.05) is 0 Å². The highest BCUT2D eigenvalue weighted by Gasteiger charge is 2.19. The molecule has 7 nitrogen and oxygen atoms in total. The number of alkyl halides is 2. The Bertz CT molecular complexity index is 640. The minimum atomic E-state index is -2.76. The Morgan fingerprint density at radius 2 is 2.05 bits per heavy atom. The van der Waals surface area contributed by atoms with Crippen LogP contribution in [0, 0.1) is 0 Å². The maximum Gasteiger partial charge on any atom is 0.373 e. The van der Waals surface area contributed by atoms with Crippen molar-refractivity contribution in [1.29, 1.82) is 0 Å². The highest BCUT2D eigenvalue weighted by Crippen LogP contribution is 2.25. The topological polar surface area (TPSA) is 94.3 Å². The van der Waals surface area contributed by atoms with Crippen LogP contribution >= 0.6 is 11.3 Å². The molecular weight excluding hydrogens is 296 g/mol. The molecule has 2 heterocycles. The van der Waals surface area contributed by atoms with E-state index in [1.54, 1.807) is 0 Å². The molecule has 0 radical (unpaired) electrons. The number of hydrogen-bond donors (Lipinski definition) is 1. The normalized spacial score (nSPS) is 10.6. The number of rotatable bonds is 4. The fraction of sp³-hybridized carbons (Fsp3) is 0.200. The van der Waals surface area contributed by atoms with Crippen molar-refractivity contribution in [3.05, 3.63) is 28.7 Å². The zero-order chi connectivity index (χ0) is 14.7. The van der Waals surface area contributed by atoms with Gasteiger partial charge in [0.25, 0.3) is 12.3 Å². The van der Waals surface area contributed by atoms with Crippen LogP contribution < -0.4 is 5.32 Å². The van der Waals surface area contributed by atoms with E-state index >= 15 is 0 Å². The maximum absolute atomic E-state index is 12.3. The molecule has 2 aromatic rings. The molecule has 0 unspecified atom stereocenters. The van der Waals surface area contributed by atoms with Crippen LogP contribution in [0.4, 0.5) is 13.9 Å². The number of aromatic nitrogens is 2. The van der Waals surface area contributed by atoms with Crippen LogP contribution in [-0.2, 0) is 4.74 Å². The van der Waals surface area contributed by atoms with Gasteiger partial charge in [0.15, 0.2) is 10.8 Å². The summed E-state index contributed by atoms with van der Waals surface area (Å²) in [5.41, 5.74) is 0. The highest BCUT2D eigenvalue weighted by molar-refractivity contribution is 7.15. The van der Waals surface area contributed by atoms with Crippen LogP contribution in [0.15, 0.2) is 16.5 Å². The number of furan rings is 1. The van der Waals surface area contributed by atoms with E-state index in [1.807, 2.05) is 0 Å². The number of methoxy groups -OCH3 is 1. The number of anilines is 1. The van der Waals surface area contributed by atoms with E-state index in [2.05, 4.69) is 20.3 Å². The van der Waals surface area contributed by atoms with Crippen molar-refractivity contribution in [3.8, 4) is 0 Å². The summed E-state index contributed by atoms with van der Waals surface area (Å²) < 4.78 is 34.0. The maximum atomic E-state index is 12.3. The van der Waals surface area contributed by atoms with E-state index in [0.717, 1.165) is 7.11 Å². The van der Waals surface area contributed by atoms with Gasteiger partial charge in [-0.05, 0) is 12.1 Å². The molecule has 0 fully saturated rings. The number of esters is 1. The molecule has 106 valence electrons. The Kier molecular flexibility index (Phi) is 4.03. The second-order valence-electron chi connectivity index (χ2n) is 3.36. The molecule has 20 heavy (non-hydrogen) atoms. The van der Waals surface area contributed by atoms with E-state index in [-0.39, 0.29) is 16.7 Å². The summed E-state index contributed by atoms with van der Waals surface area (Å²) in [4.78, 5) is 22.8. The summed E-state index contributed by atoms with van der Waals surface area (Å²) >= 11 is 0.544. The Balaban J connectivity index is 2.07. The molecule has 2 rings (SSSR count). The van der Waals surface area contributed by atoms with Crippen LogP contribution in [0.1, 0.15) is 32.5 Å². The number of carbonyl (C=O) groups excluding carboxylic acids is 2. The summed E-state index contributed by atoms with van der Waals surface area (Å²) in [6.45, 7) is 0. The van der Waals surface area contributed by atoms with Crippen LogP contribution in [0.25, 0.3) is 0 Å². The average Bonchev–Trinajstić information content (AvgIpc) is 3.06. The minimum absolute atomic E-state index is 0.0960. The Hall–Kier alpha value is -2.36. The fourth-order valence-electron chi connectivity index (χ4n) is 1.20. The van der Waals surface area contributed by atoms with Crippen LogP contribution in [0.2, 0.25) is 0 Å². The summed E-state index contributed by atoms with van der Waals surface area (Å²) in [5, 5.41) is 8.22. The van der Waals surface area contributed by atoms with Crippen molar-refractivity contribution in [2.45, 2.75) is 6.43 Å². The van der Waals surface area contributed by atoms with Crippen molar-refractivity contribution in [2.75, 3.05) is 12.4 Å². The quantitative estimate of drug-likeness (QED) is 0.869. The SMILES string of the molecule is COC(=O)c1ccc(C(=O)Nc2nnc(C(F)F)s2)o1. The predicted molar refractivity (Wildman–Crippen MR) is 62.9 cm³/mol. The molecule has 0 spiro atoms. The summed E-state index contributed by atoms with van der Waals surface area (Å²) in [6.07, 6.45) is -2.76. The van der Waals surface area contributed by atoms with Gasteiger partial charge in [-0.2, -0.15) is 0 Å². The van der Waals surface area contributed by atoms with Gasteiger partial charge < -0.3 is 9.15 Å².